The molecule has 4 amide bonds. The molecule has 3 aromatic rings. The maximum absolute atomic E-state index is 13.4. The fourth-order valence-electron chi connectivity index (χ4n) is 3.57. The first kappa shape index (κ1) is 21.4. The number of nitrogens with zero attached hydrogens (tertiary/aromatic N) is 2. The molecule has 164 valence electrons. The van der Waals surface area contributed by atoms with Crippen molar-refractivity contribution in [1.29, 1.82) is 0 Å². The van der Waals surface area contributed by atoms with E-state index in [9.17, 15) is 23.2 Å². The number of halogens is 3. The summed E-state index contributed by atoms with van der Waals surface area (Å²) in [5, 5.41) is 11.0. The average molecular weight is 460 g/mol. The van der Waals surface area contributed by atoms with Crippen LogP contribution in [-0.4, -0.2) is 34.2 Å². The molecule has 0 unspecified atom stereocenters. The van der Waals surface area contributed by atoms with Gasteiger partial charge in [-0.2, -0.15) is 13.9 Å². The smallest absolute Gasteiger partial charge is 0.333 e. The summed E-state index contributed by atoms with van der Waals surface area (Å²) in [6, 6.07) is 13.9. The van der Waals surface area contributed by atoms with Crippen molar-refractivity contribution in [1.82, 2.24) is 25.7 Å². The molecule has 1 fully saturated rings. The van der Waals surface area contributed by atoms with E-state index in [1.165, 1.54) is 6.07 Å². The highest BCUT2D eigenvalue weighted by molar-refractivity contribution is 6.30. The second-order valence-corrected chi connectivity index (χ2v) is 7.42. The molecule has 1 saturated heterocycles. The van der Waals surface area contributed by atoms with Crippen LogP contribution in [-0.2, 0) is 10.3 Å². The number of aromatic nitrogens is 2. The fourth-order valence-corrected chi connectivity index (χ4v) is 3.69. The molecule has 2 heterocycles. The number of carbonyl (C=O) groups excluding carboxylic acids is 3. The summed E-state index contributed by atoms with van der Waals surface area (Å²) >= 11 is 5.94. The van der Waals surface area contributed by atoms with Gasteiger partial charge in [0.1, 0.15) is 0 Å². The third-order valence-electron chi connectivity index (χ3n) is 5.08. The zero-order valence-corrected chi connectivity index (χ0v) is 17.1. The molecule has 8 nitrogen and oxygen atoms in total. The van der Waals surface area contributed by atoms with E-state index in [2.05, 4.69) is 15.7 Å². The van der Waals surface area contributed by atoms with Crippen molar-refractivity contribution in [3.8, 4) is 11.1 Å². The molecule has 3 N–H and O–H groups in total. The number of nitrogens with one attached hydrogen (secondary N) is 3. The van der Waals surface area contributed by atoms with E-state index in [4.69, 9.17) is 11.6 Å². The monoisotopic (exact) mass is 459 g/mol. The maximum Gasteiger partial charge on any atom is 0.333 e. The Morgan fingerprint density at radius 2 is 1.84 bits per heavy atom. The van der Waals surface area contributed by atoms with Crippen LogP contribution in [0.3, 0.4) is 0 Å². The minimum Gasteiger partial charge on any atom is -0.349 e. The summed E-state index contributed by atoms with van der Waals surface area (Å²) in [6.07, 6.45) is 1.08. The predicted octanol–water partition coefficient (Wildman–Crippen LogP) is 3.06. The molecule has 1 atom stereocenters. The lowest BCUT2D eigenvalue weighted by Gasteiger charge is -2.27. The number of imide groups is 1. The molecule has 4 rings (SSSR count). The van der Waals surface area contributed by atoms with Crippen molar-refractivity contribution in [3.05, 3.63) is 77.1 Å². The third-order valence-corrected chi connectivity index (χ3v) is 5.33. The molecular formula is C21H16ClF2N5O3. The van der Waals surface area contributed by atoms with Crippen LogP contribution in [0.5, 0.6) is 0 Å². The highest BCUT2D eigenvalue weighted by Crippen LogP contribution is 2.29. The normalized spacial score (nSPS) is 17.9. The van der Waals surface area contributed by atoms with E-state index in [1.807, 2.05) is 5.32 Å². The Morgan fingerprint density at radius 3 is 2.50 bits per heavy atom. The number of benzene rings is 2. The first-order valence-electron chi connectivity index (χ1n) is 9.41. The molecule has 0 aliphatic carbocycles. The van der Waals surface area contributed by atoms with Gasteiger partial charge < -0.3 is 10.6 Å². The van der Waals surface area contributed by atoms with Crippen molar-refractivity contribution in [2.24, 2.45) is 0 Å². The fraction of sp³-hybridized carbons (Fsp3) is 0.143. The second-order valence-electron chi connectivity index (χ2n) is 6.99. The molecule has 0 spiro atoms. The first-order chi connectivity index (χ1) is 15.3. The molecule has 1 aliphatic rings. The van der Waals surface area contributed by atoms with Gasteiger partial charge in [-0.15, -0.1) is 0 Å². The lowest BCUT2D eigenvalue weighted by Crippen LogP contribution is -2.53. The van der Waals surface area contributed by atoms with Crippen molar-refractivity contribution in [2.75, 3.05) is 6.54 Å². The van der Waals surface area contributed by atoms with Crippen LogP contribution in [0.4, 0.5) is 13.6 Å². The van der Waals surface area contributed by atoms with E-state index in [0.29, 0.717) is 15.3 Å². The topological polar surface area (TPSA) is 105 Å². The van der Waals surface area contributed by atoms with Gasteiger partial charge in [-0.25, -0.2) is 9.48 Å². The number of carbonyl (C=O) groups is 3. The van der Waals surface area contributed by atoms with Gasteiger partial charge in [0.05, 0.1) is 12.2 Å². The Bertz CT molecular complexity index is 1200. The zero-order valence-electron chi connectivity index (χ0n) is 16.3. The van der Waals surface area contributed by atoms with Crippen LogP contribution in [0.15, 0.2) is 60.8 Å². The predicted molar refractivity (Wildman–Crippen MR) is 111 cm³/mol. The molecular weight excluding hydrogens is 444 g/mol. The molecule has 11 heteroatoms. The van der Waals surface area contributed by atoms with E-state index in [0.717, 1.165) is 11.8 Å². The Labute approximate surface area is 185 Å². The number of rotatable bonds is 6. The number of hydrogen-bond acceptors (Lipinski definition) is 4. The average Bonchev–Trinajstić information content (AvgIpc) is 3.37. The summed E-state index contributed by atoms with van der Waals surface area (Å²) in [5.41, 5.74) is -0.584. The van der Waals surface area contributed by atoms with Gasteiger partial charge in [0.15, 0.2) is 5.54 Å². The van der Waals surface area contributed by atoms with Gasteiger partial charge in [0, 0.05) is 16.8 Å². The van der Waals surface area contributed by atoms with Crippen LogP contribution in [0, 0.1) is 0 Å². The van der Waals surface area contributed by atoms with Crippen LogP contribution in [0.2, 0.25) is 5.02 Å². The van der Waals surface area contributed by atoms with E-state index in [-0.39, 0.29) is 11.3 Å². The largest absolute Gasteiger partial charge is 0.349 e. The van der Waals surface area contributed by atoms with Gasteiger partial charge in [0.2, 0.25) is 0 Å². The molecule has 0 bridgehead atoms. The van der Waals surface area contributed by atoms with Gasteiger partial charge >= 0.3 is 12.6 Å². The van der Waals surface area contributed by atoms with Crippen LogP contribution in [0.1, 0.15) is 22.6 Å². The second kappa shape index (κ2) is 8.39. The SMILES string of the molecule is O=C1NC(=O)[C@@](CNC(=O)c2ccccc2-c2ccc(Cl)cc2)(c2ccnn2C(F)F)N1. The quantitative estimate of drug-likeness (QED) is 0.493. The number of hydrogen-bond donors (Lipinski definition) is 3. The lowest BCUT2D eigenvalue weighted by molar-refractivity contribution is -0.124. The number of urea groups is 1. The standard InChI is InChI=1S/C21H16ClF2N5O3/c22-13-7-5-12(6-8-13)14-3-1-2-4-15(14)17(30)25-11-21(18(31)27-20(32)28-21)16-9-10-26-29(16)19(23)24/h1-10,19H,11H2,(H,25,30)(H2,27,28,31,32)/t21-/m1/s1. The van der Waals surface area contributed by atoms with Gasteiger partial charge in [-0.3, -0.25) is 14.9 Å². The summed E-state index contributed by atoms with van der Waals surface area (Å²) < 4.78 is 27.1. The Hall–Kier alpha value is -3.79. The Balaban J connectivity index is 1.65. The number of alkyl halides is 2. The first-order valence-corrected chi connectivity index (χ1v) is 9.78. The van der Waals surface area contributed by atoms with E-state index in [1.54, 1.807) is 48.5 Å². The number of amides is 4. The van der Waals surface area contributed by atoms with Crippen molar-refractivity contribution in [3.63, 3.8) is 0 Å². The Morgan fingerprint density at radius 1 is 1.12 bits per heavy atom. The highest BCUT2D eigenvalue weighted by Gasteiger charge is 2.50. The van der Waals surface area contributed by atoms with Crippen molar-refractivity contribution in [2.45, 2.75) is 12.1 Å². The molecule has 1 aromatic heterocycles. The van der Waals surface area contributed by atoms with Gasteiger partial charge in [-0.05, 0) is 35.4 Å². The minimum absolute atomic E-state index is 0.262. The van der Waals surface area contributed by atoms with Gasteiger partial charge in [0.25, 0.3) is 11.8 Å². The molecule has 0 radical (unpaired) electrons. The zero-order chi connectivity index (χ0) is 22.9. The minimum atomic E-state index is -3.05. The van der Waals surface area contributed by atoms with Crippen LogP contribution < -0.4 is 16.0 Å². The molecule has 2 aromatic carbocycles. The summed E-state index contributed by atoms with van der Waals surface area (Å²) in [4.78, 5) is 37.5. The molecule has 0 saturated carbocycles. The summed E-state index contributed by atoms with van der Waals surface area (Å²) in [5.74, 6) is -1.44. The molecule has 32 heavy (non-hydrogen) atoms. The van der Waals surface area contributed by atoms with Crippen molar-refractivity contribution < 1.29 is 23.2 Å². The van der Waals surface area contributed by atoms with E-state index < -0.39 is 36.5 Å². The maximum atomic E-state index is 13.4. The summed E-state index contributed by atoms with van der Waals surface area (Å²) in [6.45, 7) is -3.53. The molecule has 1 aliphatic heterocycles. The van der Waals surface area contributed by atoms with E-state index >= 15 is 0 Å². The Kier molecular flexibility index (Phi) is 5.62. The van der Waals surface area contributed by atoms with Crippen LogP contribution in [0.25, 0.3) is 11.1 Å². The highest BCUT2D eigenvalue weighted by atomic mass is 35.5. The summed E-state index contributed by atoms with van der Waals surface area (Å²) in [7, 11) is 0. The van der Waals surface area contributed by atoms with Crippen LogP contribution >= 0.6 is 11.6 Å². The van der Waals surface area contributed by atoms with Gasteiger partial charge in [-0.1, -0.05) is 41.9 Å². The third kappa shape index (κ3) is 3.80. The lowest BCUT2D eigenvalue weighted by atomic mass is 9.94. The van der Waals surface area contributed by atoms with Crippen molar-refractivity contribution >= 4 is 29.4 Å².